The van der Waals surface area contributed by atoms with E-state index in [-0.39, 0.29) is 6.29 Å². The molecule has 1 heterocycles. The Morgan fingerprint density at radius 3 is 2.53 bits per heavy atom. The Hall–Kier alpha value is -0.160. The van der Waals surface area contributed by atoms with E-state index in [1.165, 1.54) is 6.42 Å². The monoisotopic (exact) mass is 245 g/mol. The zero-order valence-corrected chi connectivity index (χ0v) is 11.4. The highest BCUT2D eigenvalue weighted by Gasteiger charge is 2.21. The number of ether oxygens (including phenoxy) is 3. The normalized spacial score (nSPS) is 25.4. The van der Waals surface area contributed by atoms with Crippen molar-refractivity contribution in [1.29, 1.82) is 0 Å². The van der Waals surface area contributed by atoms with Crippen molar-refractivity contribution < 1.29 is 14.2 Å². The molecule has 4 nitrogen and oxygen atoms in total. The van der Waals surface area contributed by atoms with Gasteiger partial charge in [0.1, 0.15) is 0 Å². The van der Waals surface area contributed by atoms with Crippen LogP contribution in [0.2, 0.25) is 0 Å². The van der Waals surface area contributed by atoms with E-state index in [1.54, 1.807) is 0 Å². The van der Waals surface area contributed by atoms with Gasteiger partial charge < -0.3 is 19.5 Å². The van der Waals surface area contributed by atoms with Gasteiger partial charge in [0.05, 0.1) is 12.7 Å². The maximum atomic E-state index is 5.90. The molecule has 1 aliphatic rings. The van der Waals surface area contributed by atoms with Gasteiger partial charge in [-0.2, -0.15) is 0 Å². The van der Waals surface area contributed by atoms with E-state index in [2.05, 4.69) is 12.2 Å². The van der Waals surface area contributed by atoms with Crippen LogP contribution in [-0.2, 0) is 14.2 Å². The van der Waals surface area contributed by atoms with Crippen LogP contribution in [0, 0.1) is 5.92 Å². The molecular formula is C13H27NO3. The molecule has 0 bridgehead atoms. The molecule has 1 saturated heterocycles. The summed E-state index contributed by atoms with van der Waals surface area (Å²) < 4.78 is 16.9. The molecule has 2 unspecified atom stereocenters. The minimum Gasteiger partial charge on any atom is -0.376 e. The van der Waals surface area contributed by atoms with Crippen molar-refractivity contribution in [3.05, 3.63) is 0 Å². The molecule has 1 fully saturated rings. The molecule has 102 valence electrons. The number of hydrogen-bond donors (Lipinski definition) is 1. The van der Waals surface area contributed by atoms with Crippen molar-refractivity contribution in [3.63, 3.8) is 0 Å². The summed E-state index contributed by atoms with van der Waals surface area (Å²) in [5, 5.41) is 3.37. The first kappa shape index (κ1) is 14.9. The molecule has 0 amide bonds. The molecular weight excluding hydrogens is 218 g/mol. The summed E-state index contributed by atoms with van der Waals surface area (Å²) in [7, 11) is 0. The summed E-state index contributed by atoms with van der Waals surface area (Å²) in [6.07, 6.45) is 2.24. The number of piperidine rings is 1. The molecule has 1 N–H and O–H groups in total. The third kappa shape index (κ3) is 5.82. The Balaban J connectivity index is 2.15. The number of hydrogen-bond acceptors (Lipinski definition) is 4. The molecule has 0 spiro atoms. The predicted octanol–water partition coefficient (Wildman–Crippen LogP) is 1.79. The van der Waals surface area contributed by atoms with Crippen molar-refractivity contribution in [2.75, 3.05) is 32.9 Å². The van der Waals surface area contributed by atoms with Gasteiger partial charge >= 0.3 is 0 Å². The molecule has 0 saturated carbocycles. The van der Waals surface area contributed by atoms with Gasteiger partial charge in [0.2, 0.25) is 0 Å². The average molecular weight is 245 g/mol. The quantitative estimate of drug-likeness (QED) is 0.662. The molecule has 4 heteroatoms. The van der Waals surface area contributed by atoms with Crippen molar-refractivity contribution in [3.8, 4) is 0 Å². The molecule has 1 rings (SSSR count). The summed E-state index contributed by atoms with van der Waals surface area (Å²) in [5.74, 6) is 0.647. The van der Waals surface area contributed by atoms with Crippen molar-refractivity contribution in [2.24, 2.45) is 5.92 Å². The predicted molar refractivity (Wildman–Crippen MR) is 68.0 cm³/mol. The van der Waals surface area contributed by atoms with E-state index in [0.29, 0.717) is 31.8 Å². The Kier molecular flexibility index (Phi) is 7.77. The first-order valence-corrected chi connectivity index (χ1v) is 6.83. The molecule has 17 heavy (non-hydrogen) atoms. The highest BCUT2D eigenvalue weighted by Crippen LogP contribution is 2.15. The highest BCUT2D eigenvalue weighted by atomic mass is 16.7. The SMILES string of the molecule is CCOC(CCOC1CNCCC1C)OCC. The lowest BCUT2D eigenvalue weighted by molar-refractivity contribution is -0.151. The van der Waals surface area contributed by atoms with Gasteiger partial charge in [-0.15, -0.1) is 0 Å². The number of nitrogens with one attached hydrogen (secondary N) is 1. The zero-order chi connectivity index (χ0) is 12.5. The van der Waals surface area contributed by atoms with E-state index in [9.17, 15) is 0 Å². The van der Waals surface area contributed by atoms with E-state index in [0.717, 1.165) is 19.5 Å². The first-order valence-electron chi connectivity index (χ1n) is 6.83. The molecule has 0 aromatic heterocycles. The van der Waals surface area contributed by atoms with Crippen molar-refractivity contribution >= 4 is 0 Å². The lowest BCUT2D eigenvalue weighted by atomic mass is 9.97. The van der Waals surface area contributed by atoms with Crippen LogP contribution in [0.3, 0.4) is 0 Å². The molecule has 0 radical (unpaired) electrons. The number of rotatable bonds is 8. The minimum atomic E-state index is -0.114. The van der Waals surface area contributed by atoms with Crippen LogP contribution in [-0.4, -0.2) is 45.3 Å². The second-order valence-electron chi connectivity index (χ2n) is 4.51. The maximum absolute atomic E-state index is 5.90. The van der Waals surface area contributed by atoms with Gasteiger partial charge in [-0.1, -0.05) is 6.92 Å². The molecule has 0 aromatic rings. The van der Waals surface area contributed by atoms with Gasteiger partial charge in [-0.05, 0) is 32.7 Å². The molecule has 2 atom stereocenters. The molecule has 0 aliphatic carbocycles. The maximum Gasteiger partial charge on any atom is 0.159 e. The third-order valence-corrected chi connectivity index (χ3v) is 3.15. The molecule has 0 aromatic carbocycles. The lowest BCUT2D eigenvalue weighted by Gasteiger charge is -2.30. The lowest BCUT2D eigenvalue weighted by Crippen LogP contribution is -2.41. The van der Waals surface area contributed by atoms with E-state index < -0.39 is 0 Å². The van der Waals surface area contributed by atoms with Crippen LogP contribution in [0.4, 0.5) is 0 Å². The summed E-state index contributed by atoms with van der Waals surface area (Å²) in [4.78, 5) is 0. The Labute approximate surface area is 105 Å². The van der Waals surface area contributed by atoms with Gasteiger partial charge in [0.15, 0.2) is 6.29 Å². The summed E-state index contributed by atoms with van der Waals surface area (Å²) in [5.41, 5.74) is 0. The minimum absolute atomic E-state index is 0.114. The van der Waals surface area contributed by atoms with Gasteiger partial charge in [-0.3, -0.25) is 0 Å². The summed E-state index contributed by atoms with van der Waals surface area (Å²) in [6.45, 7) is 10.4. The van der Waals surface area contributed by atoms with Crippen LogP contribution >= 0.6 is 0 Å². The van der Waals surface area contributed by atoms with Crippen LogP contribution in [0.1, 0.15) is 33.6 Å². The van der Waals surface area contributed by atoms with E-state index >= 15 is 0 Å². The van der Waals surface area contributed by atoms with Gasteiger partial charge in [0, 0.05) is 26.2 Å². The second kappa shape index (κ2) is 8.86. The first-order chi connectivity index (χ1) is 8.27. The molecule has 1 aliphatic heterocycles. The Morgan fingerprint density at radius 1 is 1.24 bits per heavy atom. The van der Waals surface area contributed by atoms with Gasteiger partial charge in [-0.25, -0.2) is 0 Å². The van der Waals surface area contributed by atoms with Gasteiger partial charge in [0.25, 0.3) is 0 Å². The summed E-state index contributed by atoms with van der Waals surface area (Å²) in [6, 6.07) is 0. The van der Waals surface area contributed by atoms with E-state index in [1.807, 2.05) is 13.8 Å². The Morgan fingerprint density at radius 2 is 1.94 bits per heavy atom. The Bertz CT molecular complexity index is 184. The topological polar surface area (TPSA) is 39.7 Å². The van der Waals surface area contributed by atoms with Crippen molar-refractivity contribution in [2.45, 2.75) is 46.0 Å². The zero-order valence-electron chi connectivity index (χ0n) is 11.4. The van der Waals surface area contributed by atoms with Crippen LogP contribution in [0.25, 0.3) is 0 Å². The third-order valence-electron chi connectivity index (χ3n) is 3.15. The second-order valence-corrected chi connectivity index (χ2v) is 4.51. The van der Waals surface area contributed by atoms with Crippen molar-refractivity contribution in [1.82, 2.24) is 5.32 Å². The fourth-order valence-corrected chi connectivity index (χ4v) is 2.09. The van der Waals surface area contributed by atoms with Crippen LogP contribution in [0.15, 0.2) is 0 Å². The summed E-state index contributed by atoms with van der Waals surface area (Å²) >= 11 is 0. The highest BCUT2D eigenvalue weighted by molar-refractivity contribution is 4.75. The fraction of sp³-hybridized carbons (Fsp3) is 1.00. The smallest absolute Gasteiger partial charge is 0.159 e. The van der Waals surface area contributed by atoms with Crippen LogP contribution in [0.5, 0.6) is 0 Å². The largest absolute Gasteiger partial charge is 0.376 e. The van der Waals surface area contributed by atoms with Crippen LogP contribution < -0.4 is 5.32 Å². The average Bonchev–Trinajstić information content (AvgIpc) is 2.32. The standard InChI is InChI=1S/C13H27NO3/c1-4-15-13(16-5-2)7-9-17-12-10-14-8-6-11(12)3/h11-14H,4-10H2,1-3H3. The van der Waals surface area contributed by atoms with E-state index in [4.69, 9.17) is 14.2 Å². The fourth-order valence-electron chi connectivity index (χ4n) is 2.09.